The van der Waals surface area contributed by atoms with Crippen molar-refractivity contribution in [1.29, 1.82) is 0 Å². The highest BCUT2D eigenvalue weighted by molar-refractivity contribution is 7.52. The number of para-hydroxylation sites is 1. The smallest absolute Gasteiger partial charge is 0.327 e. The van der Waals surface area contributed by atoms with E-state index in [4.69, 9.17) is 17.3 Å². The molecule has 0 radical (unpaired) electrons. The lowest BCUT2D eigenvalue weighted by Gasteiger charge is -2.18. The number of anilines is 1. The Hall–Kier alpha value is -2.97. The Bertz CT molecular complexity index is 1200. The summed E-state index contributed by atoms with van der Waals surface area (Å²) in [5, 5.41) is 10.4. The number of hydrogen-bond donors (Lipinski definition) is 5. The summed E-state index contributed by atoms with van der Waals surface area (Å²) in [7, 11) is -1.63. The predicted molar refractivity (Wildman–Crippen MR) is 130 cm³/mol. The Morgan fingerprint density at radius 1 is 1.22 bits per heavy atom. The van der Waals surface area contributed by atoms with Gasteiger partial charge in [0.15, 0.2) is 0 Å². The fourth-order valence-corrected chi connectivity index (χ4v) is 5.33. The summed E-state index contributed by atoms with van der Waals surface area (Å²) in [4.78, 5) is 45.8. The second-order valence-electron chi connectivity index (χ2n) is 6.68. The Kier molecular flexibility index (Phi) is 7.82. The molecule has 0 aliphatic rings. The maximum atomic E-state index is 12.9. The standard InChI is InChI=1S/C21H20ClN4O4PS/c1-31(30)18(15-11-32-17-7-6-13(22)10-14(15)17)19(27)24-9-8-12-4-2-3-5-16(12)25-21(29)26-20(23)28/h2-11,18,30H,1H3,(H,24,27)(H4,23,25,26,28,29)/b9-8+. The summed E-state index contributed by atoms with van der Waals surface area (Å²) in [5.74, 6) is -0.367. The number of rotatable bonds is 6. The van der Waals surface area contributed by atoms with E-state index in [1.165, 1.54) is 17.5 Å². The molecule has 2 atom stereocenters. The van der Waals surface area contributed by atoms with Crippen molar-refractivity contribution in [3.8, 4) is 0 Å². The number of carbonyl (C=O) groups excluding carboxylic acids is 3. The molecule has 0 fully saturated rings. The van der Waals surface area contributed by atoms with Crippen LogP contribution in [0, 0.1) is 0 Å². The lowest BCUT2D eigenvalue weighted by Crippen LogP contribution is -2.38. The molecule has 2 unspecified atom stereocenters. The highest BCUT2D eigenvalue weighted by Crippen LogP contribution is 2.48. The molecule has 32 heavy (non-hydrogen) atoms. The Morgan fingerprint density at radius 3 is 2.69 bits per heavy atom. The number of amides is 5. The summed E-state index contributed by atoms with van der Waals surface area (Å²) in [6.07, 6.45) is 3.02. The molecule has 1 heterocycles. The first kappa shape index (κ1) is 23.7. The number of fused-ring (bicyclic) bond motifs is 1. The average Bonchev–Trinajstić information content (AvgIpc) is 3.11. The van der Waals surface area contributed by atoms with Gasteiger partial charge in [0.1, 0.15) is 5.66 Å². The van der Waals surface area contributed by atoms with Crippen LogP contribution >= 0.6 is 31.1 Å². The summed E-state index contributed by atoms with van der Waals surface area (Å²) in [6, 6.07) is 10.5. The van der Waals surface area contributed by atoms with Crippen LogP contribution in [-0.4, -0.2) is 29.5 Å². The highest BCUT2D eigenvalue weighted by Gasteiger charge is 2.28. The van der Waals surface area contributed by atoms with Crippen LogP contribution in [0.25, 0.3) is 16.2 Å². The van der Waals surface area contributed by atoms with Crippen LogP contribution in [0.5, 0.6) is 0 Å². The van der Waals surface area contributed by atoms with E-state index in [1.54, 1.807) is 49.1 Å². The van der Waals surface area contributed by atoms with Crippen molar-refractivity contribution < 1.29 is 19.3 Å². The molecule has 8 nitrogen and oxygen atoms in total. The zero-order valence-electron chi connectivity index (χ0n) is 16.8. The number of urea groups is 2. The van der Waals surface area contributed by atoms with Gasteiger partial charge in [0.25, 0.3) is 0 Å². The number of hydrogen-bond acceptors (Lipinski definition) is 5. The van der Waals surface area contributed by atoms with E-state index in [0.717, 1.165) is 15.6 Å². The monoisotopic (exact) mass is 490 g/mol. The van der Waals surface area contributed by atoms with E-state index in [0.29, 0.717) is 16.3 Å². The van der Waals surface area contributed by atoms with Crippen LogP contribution in [0.1, 0.15) is 16.8 Å². The van der Waals surface area contributed by atoms with Gasteiger partial charge in [-0.05, 0) is 58.9 Å². The lowest BCUT2D eigenvalue weighted by molar-refractivity contribution is -0.119. The predicted octanol–water partition coefficient (Wildman–Crippen LogP) is 4.60. The number of thiophene rings is 1. The Balaban J connectivity index is 1.77. The first-order valence-electron chi connectivity index (χ1n) is 9.28. The second-order valence-corrected chi connectivity index (χ2v) is 9.69. The number of primary amides is 1. The maximum Gasteiger partial charge on any atom is 0.327 e. The number of nitrogens with one attached hydrogen (secondary N) is 3. The fraction of sp³-hybridized carbons (Fsp3) is 0.0952. The van der Waals surface area contributed by atoms with Crippen molar-refractivity contribution in [3.05, 3.63) is 70.2 Å². The molecule has 3 rings (SSSR count). The number of carbonyl (C=O) groups is 3. The van der Waals surface area contributed by atoms with Crippen LogP contribution in [-0.2, 0) is 4.79 Å². The van der Waals surface area contributed by atoms with E-state index >= 15 is 0 Å². The summed E-state index contributed by atoms with van der Waals surface area (Å²) >= 11 is 7.60. The van der Waals surface area contributed by atoms with Crippen LogP contribution < -0.4 is 21.7 Å². The molecule has 0 aliphatic heterocycles. The second kappa shape index (κ2) is 10.6. The summed E-state index contributed by atoms with van der Waals surface area (Å²) in [5.41, 5.74) is 5.91. The van der Waals surface area contributed by atoms with Crippen LogP contribution in [0.15, 0.2) is 54.0 Å². The third kappa shape index (κ3) is 5.83. The first-order chi connectivity index (χ1) is 15.3. The quantitative estimate of drug-likeness (QED) is 0.323. The van der Waals surface area contributed by atoms with Gasteiger partial charge in [0.2, 0.25) is 5.91 Å². The average molecular weight is 491 g/mol. The minimum atomic E-state index is -1.63. The number of halogens is 1. The molecular weight excluding hydrogens is 471 g/mol. The van der Waals surface area contributed by atoms with E-state index in [2.05, 4.69) is 10.6 Å². The number of nitrogens with two attached hydrogens (primary N) is 1. The SMILES string of the molecule is CP(O)C(C(=O)N/C=C/c1ccccc1NC(=O)NC(N)=O)c1csc2ccc(Cl)cc12. The molecule has 0 spiro atoms. The maximum absolute atomic E-state index is 12.9. The molecule has 5 amide bonds. The molecule has 11 heteroatoms. The molecule has 0 saturated carbocycles. The third-order valence-corrected chi connectivity index (χ3v) is 6.89. The topological polar surface area (TPSA) is 134 Å². The van der Waals surface area contributed by atoms with Gasteiger partial charge in [-0.2, -0.15) is 0 Å². The molecule has 0 aliphatic carbocycles. The van der Waals surface area contributed by atoms with Crippen LogP contribution in [0.2, 0.25) is 5.02 Å². The van der Waals surface area contributed by atoms with Crippen molar-refractivity contribution >= 4 is 70.9 Å². The lowest BCUT2D eigenvalue weighted by atomic mass is 10.1. The van der Waals surface area contributed by atoms with Gasteiger partial charge in [0.05, 0.1) is 0 Å². The summed E-state index contributed by atoms with van der Waals surface area (Å²) < 4.78 is 0.976. The van der Waals surface area contributed by atoms with Crippen molar-refractivity contribution in [2.45, 2.75) is 5.66 Å². The van der Waals surface area contributed by atoms with Gasteiger partial charge >= 0.3 is 12.1 Å². The zero-order valence-corrected chi connectivity index (χ0v) is 19.3. The van der Waals surface area contributed by atoms with Crippen LogP contribution in [0.3, 0.4) is 0 Å². The Labute approximate surface area is 194 Å². The van der Waals surface area contributed by atoms with Crippen molar-refractivity contribution in [2.24, 2.45) is 5.73 Å². The van der Waals surface area contributed by atoms with Crippen molar-refractivity contribution in [1.82, 2.24) is 10.6 Å². The number of benzene rings is 2. The molecular formula is C21H20ClN4O4PS. The normalized spacial score (nSPS) is 13.0. The Morgan fingerprint density at radius 2 is 1.97 bits per heavy atom. The number of imide groups is 1. The molecule has 1 aromatic heterocycles. The van der Waals surface area contributed by atoms with Gasteiger partial charge in [-0.15, -0.1) is 11.3 Å². The van der Waals surface area contributed by atoms with Crippen molar-refractivity contribution in [3.63, 3.8) is 0 Å². The molecule has 0 bridgehead atoms. The minimum absolute atomic E-state index is 0.367. The molecule has 6 N–H and O–H groups in total. The first-order valence-corrected chi connectivity index (χ1v) is 12.3. The van der Waals surface area contributed by atoms with E-state index < -0.39 is 25.9 Å². The van der Waals surface area contributed by atoms with E-state index in [-0.39, 0.29) is 5.91 Å². The van der Waals surface area contributed by atoms with E-state index in [1.807, 2.05) is 16.8 Å². The molecule has 166 valence electrons. The third-order valence-electron chi connectivity index (χ3n) is 4.42. The van der Waals surface area contributed by atoms with Gasteiger partial charge < -0.3 is 21.3 Å². The molecule has 2 aromatic carbocycles. The van der Waals surface area contributed by atoms with Crippen molar-refractivity contribution in [2.75, 3.05) is 12.0 Å². The van der Waals surface area contributed by atoms with Gasteiger partial charge in [-0.3, -0.25) is 10.1 Å². The summed E-state index contributed by atoms with van der Waals surface area (Å²) in [6.45, 7) is 1.62. The fourth-order valence-electron chi connectivity index (χ4n) is 3.06. The highest BCUT2D eigenvalue weighted by atomic mass is 35.5. The van der Waals surface area contributed by atoms with Gasteiger partial charge in [-0.25, -0.2) is 9.59 Å². The molecule has 3 aromatic rings. The van der Waals surface area contributed by atoms with Gasteiger partial charge in [0, 0.05) is 29.8 Å². The zero-order chi connectivity index (χ0) is 23.3. The molecule has 0 saturated heterocycles. The van der Waals surface area contributed by atoms with Gasteiger partial charge in [-0.1, -0.05) is 29.8 Å². The minimum Gasteiger partial charge on any atom is -0.373 e. The van der Waals surface area contributed by atoms with Crippen LogP contribution in [0.4, 0.5) is 15.3 Å². The van der Waals surface area contributed by atoms with E-state index in [9.17, 15) is 19.3 Å². The largest absolute Gasteiger partial charge is 0.373 e.